The number of hydrogen-bond donors (Lipinski definition) is 3. The molecule has 2 heterocycles. The van der Waals surface area contributed by atoms with Crippen LogP contribution in [0.5, 0.6) is 0 Å². The molecule has 0 saturated carbocycles. The Kier molecular flexibility index (Phi) is 4.33. The summed E-state index contributed by atoms with van der Waals surface area (Å²) in [6.07, 6.45) is 1.70. The summed E-state index contributed by atoms with van der Waals surface area (Å²) < 4.78 is 4.99. The molecule has 6 nitrogen and oxygen atoms in total. The number of hydrogen-bond acceptors (Lipinski definition) is 4. The Bertz CT molecular complexity index is 416. The molecule has 1 aromatic rings. The normalized spacial score (nSPS) is 16.1. The van der Waals surface area contributed by atoms with E-state index in [9.17, 15) is 4.79 Å². The zero-order valence-electron chi connectivity index (χ0n) is 10.9. The third kappa shape index (κ3) is 2.88. The van der Waals surface area contributed by atoms with Gasteiger partial charge in [-0.15, -0.1) is 0 Å². The van der Waals surface area contributed by atoms with Crippen LogP contribution in [0.3, 0.4) is 0 Å². The number of rotatable bonds is 5. The van der Waals surface area contributed by atoms with Crippen LogP contribution in [0, 0.1) is 0 Å². The zero-order chi connectivity index (χ0) is 13.0. The number of methoxy groups -OCH3 is 1. The van der Waals surface area contributed by atoms with E-state index < -0.39 is 0 Å². The summed E-state index contributed by atoms with van der Waals surface area (Å²) in [7, 11) is 1.66. The van der Waals surface area contributed by atoms with Crippen molar-refractivity contribution in [2.75, 3.05) is 20.3 Å². The van der Waals surface area contributed by atoms with Crippen LogP contribution in [0.4, 0.5) is 0 Å². The maximum absolute atomic E-state index is 12.1. The van der Waals surface area contributed by atoms with Gasteiger partial charge in [0.2, 0.25) is 0 Å². The van der Waals surface area contributed by atoms with Crippen LogP contribution in [0.2, 0.25) is 0 Å². The van der Waals surface area contributed by atoms with Crippen LogP contribution in [0.1, 0.15) is 35.1 Å². The molecule has 0 radical (unpaired) electrons. The van der Waals surface area contributed by atoms with Gasteiger partial charge in [-0.1, -0.05) is 0 Å². The van der Waals surface area contributed by atoms with E-state index in [1.165, 1.54) is 0 Å². The van der Waals surface area contributed by atoms with Gasteiger partial charge in [0, 0.05) is 50.5 Å². The number of aromatic amines is 1. The van der Waals surface area contributed by atoms with Crippen molar-refractivity contribution in [2.45, 2.75) is 32.4 Å². The molecule has 3 N–H and O–H groups in total. The van der Waals surface area contributed by atoms with Crippen molar-refractivity contribution in [3.8, 4) is 0 Å². The highest BCUT2D eigenvalue weighted by Crippen LogP contribution is 2.15. The summed E-state index contributed by atoms with van der Waals surface area (Å²) in [5, 5.41) is 13.3. The molecular formula is C12H20N4O2. The second kappa shape index (κ2) is 5.97. The Morgan fingerprint density at radius 2 is 2.44 bits per heavy atom. The predicted molar refractivity (Wildman–Crippen MR) is 67.4 cm³/mol. The van der Waals surface area contributed by atoms with Gasteiger partial charge in [0.25, 0.3) is 5.91 Å². The van der Waals surface area contributed by atoms with Gasteiger partial charge < -0.3 is 15.4 Å². The van der Waals surface area contributed by atoms with Crippen LogP contribution >= 0.6 is 0 Å². The van der Waals surface area contributed by atoms with E-state index in [-0.39, 0.29) is 11.9 Å². The molecule has 100 valence electrons. The monoisotopic (exact) mass is 252 g/mol. The molecule has 0 bridgehead atoms. The van der Waals surface area contributed by atoms with Crippen LogP contribution in [0.25, 0.3) is 0 Å². The first-order chi connectivity index (χ1) is 8.72. The second-order valence-corrected chi connectivity index (χ2v) is 4.61. The highest BCUT2D eigenvalue weighted by molar-refractivity contribution is 5.94. The lowest BCUT2D eigenvalue weighted by Crippen LogP contribution is -2.35. The molecule has 2 rings (SSSR count). The lowest BCUT2D eigenvalue weighted by Gasteiger charge is -2.15. The third-order valence-corrected chi connectivity index (χ3v) is 3.15. The minimum Gasteiger partial charge on any atom is -0.385 e. The summed E-state index contributed by atoms with van der Waals surface area (Å²) in [6, 6.07) is 0.0846. The molecule has 1 aromatic heterocycles. The Morgan fingerprint density at radius 3 is 3.22 bits per heavy atom. The van der Waals surface area contributed by atoms with Gasteiger partial charge in [0.15, 0.2) is 5.69 Å². The number of ether oxygens (including phenoxy) is 1. The minimum atomic E-state index is -0.111. The van der Waals surface area contributed by atoms with Gasteiger partial charge >= 0.3 is 0 Å². The largest absolute Gasteiger partial charge is 0.385 e. The van der Waals surface area contributed by atoms with Crippen molar-refractivity contribution < 1.29 is 9.53 Å². The average Bonchev–Trinajstić information content (AvgIpc) is 2.80. The average molecular weight is 252 g/mol. The first kappa shape index (κ1) is 13.0. The molecule has 0 aromatic carbocycles. The van der Waals surface area contributed by atoms with E-state index in [1.54, 1.807) is 7.11 Å². The van der Waals surface area contributed by atoms with Crippen LogP contribution < -0.4 is 10.6 Å². The molecule has 0 spiro atoms. The van der Waals surface area contributed by atoms with Gasteiger partial charge in [-0.2, -0.15) is 5.10 Å². The SMILES string of the molecule is COCCC(C)NC(=O)c1n[nH]c2c1CNCC2. The zero-order valence-corrected chi connectivity index (χ0v) is 10.9. The molecule has 18 heavy (non-hydrogen) atoms. The number of carbonyl (C=O) groups is 1. The highest BCUT2D eigenvalue weighted by atomic mass is 16.5. The molecule has 1 aliphatic rings. The molecule has 0 aliphatic carbocycles. The second-order valence-electron chi connectivity index (χ2n) is 4.61. The van der Waals surface area contributed by atoms with E-state index in [4.69, 9.17) is 4.74 Å². The number of amides is 1. The molecule has 1 aliphatic heterocycles. The van der Waals surface area contributed by atoms with Crippen LogP contribution in [0.15, 0.2) is 0 Å². The highest BCUT2D eigenvalue weighted by Gasteiger charge is 2.22. The van der Waals surface area contributed by atoms with Gasteiger partial charge in [0.05, 0.1) is 0 Å². The number of nitrogens with one attached hydrogen (secondary N) is 3. The number of H-pyrrole nitrogens is 1. The summed E-state index contributed by atoms with van der Waals surface area (Å²) in [6.45, 7) is 4.25. The Labute approximate surface area is 106 Å². The Balaban J connectivity index is 1.98. The molecular weight excluding hydrogens is 232 g/mol. The van der Waals surface area contributed by atoms with E-state index in [0.717, 1.165) is 30.6 Å². The smallest absolute Gasteiger partial charge is 0.272 e. The summed E-state index contributed by atoms with van der Waals surface area (Å²) >= 11 is 0. The van der Waals surface area contributed by atoms with Crippen molar-refractivity contribution in [3.63, 3.8) is 0 Å². The topological polar surface area (TPSA) is 79.0 Å². The first-order valence-corrected chi connectivity index (χ1v) is 6.29. The first-order valence-electron chi connectivity index (χ1n) is 6.29. The van der Waals surface area contributed by atoms with Gasteiger partial charge in [-0.05, 0) is 13.3 Å². The Morgan fingerprint density at radius 1 is 1.61 bits per heavy atom. The van der Waals surface area contributed by atoms with Crippen molar-refractivity contribution in [1.82, 2.24) is 20.8 Å². The van der Waals surface area contributed by atoms with Gasteiger partial charge in [-0.25, -0.2) is 0 Å². The maximum Gasteiger partial charge on any atom is 0.272 e. The molecule has 1 amide bonds. The van der Waals surface area contributed by atoms with Crippen molar-refractivity contribution >= 4 is 5.91 Å². The summed E-state index contributed by atoms with van der Waals surface area (Å²) in [5.41, 5.74) is 2.59. The minimum absolute atomic E-state index is 0.0846. The van der Waals surface area contributed by atoms with Gasteiger partial charge in [-0.3, -0.25) is 9.89 Å². The fourth-order valence-corrected chi connectivity index (χ4v) is 2.07. The number of carbonyl (C=O) groups excluding carboxylic acids is 1. The summed E-state index contributed by atoms with van der Waals surface area (Å²) in [4.78, 5) is 12.1. The van der Waals surface area contributed by atoms with Gasteiger partial charge in [0.1, 0.15) is 0 Å². The Hall–Kier alpha value is -1.40. The van der Waals surface area contributed by atoms with Crippen molar-refractivity contribution in [3.05, 3.63) is 17.0 Å². The predicted octanol–water partition coefficient (Wildman–Crippen LogP) is 0.210. The van der Waals surface area contributed by atoms with Crippen LogP contribution in [-0.4, -0.2) is 42.4 Å². The number of aromatic nitrogens is 2. The quantitative estimate of drug-likeness (QED) is 0.700. The lowest BCUT2D eigenvalue weighted by molar-refractivity contribution is 0.0923. The molecule has 0 saturated heterocycles. The molecule has 1 unspecified atom stereocenters. The number of nitrogens with zero attached hydrogens (tertiary/aromatic N) is 1. The van der Waals surface area contributed by atoms with E-state index >= 15 is 0 Å². The number of fused-ring (bicyclic) bond motifs is 1. The van der Waals surface area contributed by atoms with E-state index in [1.807, 2.05) is 6.92 Å². The standard InChI is InChI=1S/C12H20N4O2/c1-8(4-6-18-2)14-12(17)11-9-7-13-5-3-10(9)15-16-11/h8,13H,3-7H2,1-2H3,(H,14,17)(H,15,16). The van der Waals surface area contributed by atoms with E-state index in [0.29, 0.717) is 18.8 Å². The van der Waals surface area contributed by atoms with Crippen LogP contribution in [-0.2, 0) is 17.7 Å². The van der Waals surface area contributed by atoms with E-state index in [2.05, 4.69) is 20.8 Å². The molecule has 0 fully saturated rings. The fraction of sp³-hybridized carbons (Fsp3) is 0.667. The molecule has 1 atom stereocenters. The summed E-state index contributed by atoms with van der Waals surface area (Å²) in [5.74, 6) is -0.111. The van der Waals surface area contributed by atoms with Crippen molar-refractivity contribution in [2.24, 2.45) is 0 Å². The van der Waals surface area contributed by atoms with Crippen molar-refractivity contribution in [1.29, 1.82) is 0 Å². The lowest BCUT2D eigenvalue weighted by atomic mass is 10.1. The maximum atomic E-state index is 12.1. The fourth-order valence-electron chi connectivity index (χ4n) is 2.07. The third-order valence-electron chi connectivity index (χ3n) is 3.15. The molecule has 6 heteroatoms.